The first-order chi connectivity index (χ1) is 12.5. The summed E-state index contributed by atoms with van der Waals surface area (Å²) in [5.74, 6) is -0.203. The zero-order valence-electron chi connectivity index (χ0n) is 15.2. The van der Waals surface area contributed by atoms with Crippen LogP contribution < -0.4 is 5.32 Å². The van der Waals surface area contributed by atoms with Crippen LogP contribution in [0.1, 0.15) is 27.0 Å². The van der Waals surface area contributed by atoms with Crippen molar-refractivity contribution in [2.24, 2.45) is 0 Å². The van der Waals surface area contributed by atoms with Gasteiger partial charge in [-0.25, -0.2) is 0 Å². The summed E-state index contributed by atoms with van der Waals surface area (Å²) < 4.78 is 5.30. The largest absolute Gasteiger partial charge is 0.378 e. The van der Waals surface area contributed by atoms with Gasteiger partial charge in [0.2, 0.25) is 5.91 Å². The van der Waals surface area contributed by atoms with Crippen molar-refractivity contribution in [3.63, 3.8) is 0 Å². The van der Waals surface area contributed by atoms with Gasteiger partial charge >= 0.3 is 0 Å². The minimum Gasteiger partial charge on any atom is -0.378 e. The van der Waals surface area contributed by atoms with E-state index in [1.807, 2.05) is 44.2 Å². The number of hydrogen-bond donors (Lipinski definition) is 1. The SMILES string of the molecule is Cc1ccc(CC(=O)Nc2ccccc2C(=O)N2CCOCC2)cc1C. The lowest BCUT2D eigenvalue weighted by Gasteiger charge is -2.27. The molecule has 5 heteroatoms. The molecule has 1 aliphatic rings. The molecule has 2 aromatic carbocycles. The summed E-state index contributed by atoms with van der Waals surface area (Å²) in [6, 6.07) is 13.2. The van der Waals surface area contributed by atoms with E-state index in [9.17, 15) is 9.59 Å². The smallest absolute Gasteiger partial charge is 0.256 e. The molecule has 0 aliphatic carbocycles. The number of aryl methyl sites for hydroxylation is 2. The number of carbonyl (C=O) groups is 2. The van der Waals surface area contributed by atoms with Crippen LogP contribution in [0, 0.1) is 13.8 Å². The summed E-state index contributed by atoms with van der Waals surface area (Å²) in [4.78, 5) is 27.0. The number of rotatable bonds is 4. The van der Waals surface area contributed by atoms with Crippen molar-refractivity contribution in [2.75, 3.05) is 31.6 Å². The average molecular weight is 352 g/mol. The first-order valence-electron chi connectivity index (χ1n) is 8.86. The Bertz CT molecular complexity index is 811. The van der Waals surface area contributed by atoms with E-state index in [0.29, 0.717) is 37.6 Å². The van der Waals surface area contributed by atoms with Gasteiger partial charge in [0, 0.05) is 13.1 Å². The molecule has 0 saturated carbocycles. The molecule has 0 unspecified atom stereocenters. The quantitative estimate of drug-likeness (QED) is 0.920. The van der Waals surface area contributed by atoms with Crippen LogP contribution in [0.25, 0.3) is 0 Å². The Hall–Kier alpha value is -2.66. The maximum absolute atomic E-state index is 12.8. The van der Waals surface area contributed by atoms with Crippen LogP contribution in [0.5, 0.6) is 0 Å². The summed E-state index contributed by atoms with van der Waals surface area (Å²) in [6.07, 6.45) is 0.279. The van der Waals surface area contributed by atoms with Crippen molar-refractivity contribution >= 4 is 17.5 Å². The van der Waals surface area contributed by atoms with E-state index in [1.54, 1.807) is 17.0 Å². The highest BCUT2D eigenvalue weighted by Gasteiger charge is 2.21. The number of amides is 2. The van der Waals surface area contributed by atoms with E-state index in [-0.39, 0.29) is 18.2 Å². The van der Waals surface area contributed by atoms with Crippen molar-refractivity contribution in [1.29, 1.82) is 0 Å². The third kappa shape index (κ3) is 4.29. The Balaban J connectivity index is 1.72. The normalized spacial score (nSPS) is 14.2. The van der Waals surface area contributed by atoms with Crippen LogP contribution in [-0.4, -0.2) is 43.0 Å². The number of nitrogens with one attached hydrogen (secondary N) is 1. The summed E-state index contributed by atoms with van der Waals surface area (Å²) >= 11 is 0. The topological polar surface area (TPSA) is 58.6 Å². The number of hydrogen-bond acceptors (Lipinski definition) is 3. The van der Waals surface area contributed by atoms with Crippen molar-refractivity contribution in [1.82, 2.24) is 4.90 Å². The fourth-order valence-corrected chi connectivity index (χ4v) is 3.01. The Morgan fingerprint density at radius 2 is 1.77 bits per heavy atom. The van der Waals surface area contributed by atoms with Gasteiger partial charge < -0.3 is 15.0 Å². The van der Waals surface area contributed by atoms with Gasteiger partial charge in [0.25, 0.3) is 5.91 Å². The number of nitrogens with zero attached hydrogens (tertiary/aromatic N) is 1. The molecular formula is C21H24N2O3. The zero-order chi connectivity index (χ0) is 18.5. The highest BCUT2D eigenvalue weighted by molar-refractivity contribution is 6.04. The Kier molecular flexibility index (Phi) is 5.68. The van der Waals surface area contributed by atoms with Gasteiger partial charge in [0.1, 0.15) is 0 Å². The maximum atomic E-state index is 12.8. The molecule has 1 heterocycles. The molecule has 1 fully saturated rings. The van der Waals surface area contributed by atoms with Gasteiger partial charge in [-0.1, -0.05) is 30.3 Å². The molecule has 26 heavy (non-hydrogen) atoms. The predicted octanol–water partition coefficient (Wildman–Crippen LogP) is 2.96. The number of carbonyl (C=O) groups excluding carboxylic acids is 2. The van der Waals surface area contributed by atoms with E-state index >= 15 is 0 Å². The molecular weight excluding hydrogens is 328 g/mol. The molecule has 0 spiro atoms. The number of morpholine rings is 1. The summed E-state index contributed by atoms with van der Waals surface area (Å²) in [6.45, 7) is 6.33. The first kappa shape index (κ1) is 18.1. The van der Waals surface area contributed by atoms with Crippen LogP contribution in [0.15, 0.2) is 42.5 Å². The molecule has 1 saturated heterocycles. The second-order valence-electron chi connectivity index (χ2n) is 6.59. The summed E-state index contributed by atoms with van der Waals surface area (Å²) in [5.41, 5.74) is 4.40. The van der Waals surface area contributed by atoms with E-state index in [1.165, 1.54) is 5.56 Å². The van der Waals surface area contributed by atoms with Gasteiger partial charge in [0.15, 0.2) is 0 Å². The highest BCUT2D eigenvalue weighted by Crippen LogP contribution is 2.19. The lowest BCUT2D eigenvalue weighted by Crippen LogP contribution is -2.41. The monoisotopic (exact) mass is 352 g/mol. The zero-order valence-corrected chi connectivity index (χ0v) is 15.2. The third-order valence-electron chi connectivity index (χ3n) is 4.67. The number of anilines is 1. The molecule has 0 bridgehead atoms. The van der Waals surface area contributed by atoms with E-state index in [0.717, 1.165) is 11.1 Å². The van der Waals surface area contributed by atoms with E-state index < -0.39 is 0 Å². The molecule has 2 amide bonds. The van der Waals surface area contributed by atoms with Crippen LogP contribution in [0.4, 0.5) is 5.69 Å². The molecule has 0 atom stereocenters. The molecule has 2 aromatic rings. The maximum Gasteiger partial charge on any atom is 0.256 e. The van der Waals surface area contributed by atoms with E-state index in [4.69, 9.17) is 4.74 Å². The molecule has 136 valence electrons. The van der Waals surface area contributed by atoms with Gasteiger partial charge in [-0.15, -0.1) is 0 Å². The van der Waals surface area contributed by atoms with Crippen molar-refractivity contribution < 1.29 is 14.3 Å². The van der Waals surface area contributed by atoms with Crippen LogP contribution in [-0.2, 0) is 16.0 Å². The Morgan fingerprint density at radius 1 is 1.04 bits per heavy atom. The molecule has 1 aliphatic heterocycles. The second-order valence-corrected chi connectivity index (χ2v) is 6.59. The van der Waals surface area contributed by atoms with E-state index in [2.05, 4.69) is 5.32 Å². The van der Waals surface area contributed by atoms with Gasteiger partial charge in [-0.2, -0.15) is 0 Å². The second kappa shape index (κ2) is 8.15. The van der Waals surface area contributed by atoms with Crippen LogP contribution >= 0.6 is 0 Å². The van der Waals surface area contributed by atoms with Gasteiger partial charge in [0.05, 0.1) is 30.9 Å². The van der Waals surface area contributed by atoms with Crippen molar-refractivity contribution in [2.45, 2.75) is 20.3 Å². The minimum absolute atomic E-state index is 0.0737. The number of benzene rings is 2. The molecule has 0 aromatic heterocycles. The first-order valence-corrected chi connectivity index (χ1v) is 8.86. The third-order valence-corrected chi connectivity index (χ3v) is 4.67. The summed E-state index contributed by atoms with van der Waals surface area (Å²) in [7, 11) is 0. The highest BCUT2D eigenvalue weighted by atomic mass is 16.5. The minimum atomic E-state index is -0.129. The van der Waals surface area contributed by atoms with Crippen LogP contribution in [0.3, 0.4) is 0 Å². The van der Waals surface area contributed by atoms with Crippen molar-refractivity contribution in [3.05, 3.63) is 64.7 Å². The number of ether oxygens (including phenoxy) is 1. The average Bonchev–Trinajstić information content (AvgIpc) is 2.65. The fourth-order valence-electron chi connectivity index (χ4n) is 3.01. The van der Waals surface area contributed by atoms with Gasteiger partial charge in [-0.05, 0) is 42.7 Å². The standard InChI is InChI=1S/C21H24N2O3/c1-15-7-8-17(13-16(15)2)14-20(24)22-19-6-4-3-5-18(19)21(25)23-9-11-26-12-10-23/h3-8,13H,9-12,14H2,1-2H3,(H,22,24). The fraction of sp³-hybridized carbons (Fsp3) is 0.333. The van der Waals surface area contributed by atoms with Crippen molar-refractivity contribution in [3.8, 4) is 0 Å². The lowest BCUT2D eigenvalue weighted by molar-refractivity contribution is -0.115. The summed E-state index contributed by atoms with van der Waals surface area (Å²) in [5, 5.41) is 2.90. The van der Waals surface area contributed by atoms with Crippen LogP contribution in [0.2, 0.25) is 0 Å². The Labute approximate surface area is 154 Å². The molecule has 3 rings (SSSR count). The predicted molar refractivity (Wildman–Crippen MR) is 101 cm³/mol. The lowest BCUT2D eigenvalue weighted by atomic mass is 10.0. The molecule has 0 radical (unpaired) electrons. The Morgan fingerprint density at radius 3 is 2.50 bits per heavy atom. The number of para-hydroxylation sites is 1. The molecule has 5 nitrogen and oxygen atoms in total. The molecule has 1 N–H and O–H groups in total. The van der Waals surface area contributed by atoms with Gasteiger partial charge in [-0.3, -0.25) is 9.59 Å².